The summed E-state index contributed by atoms with van der Waals surface area (Å²) in [4.78, 5) is 15.4. The Hall–Kier alpha value is -3.16. The van der Waals surface area contributed by atoms with E-state index < -0.39 is 52.4 Å². The molecule has 1 aliphatic carbocycles. The van der Waals surface area contributed by atoms with E-state index in [0.717, 1.165) is 52.6 Å². The molecule has 0 aromatic heterocycles. The normalized spacial score (nSPS) is 21.5. The number of ketones is 1. The highest BCUT2D eigenvalue weighted by Crippen LogP contribution is 2.48. The van der Waals surface area contributed by atoms with Gasteiger partial charge in [0.1, 0.15) is 11.9 Å². The third-order valence-corrected chi connectivity index (χ3v) is 22.3. The van der Waals surface area contributed by atoms with Crippen LogP contribution in [0.1, 0.15) is 84.9 Å². The molecule has 1 saturated carbocycles. The van der Waals surface area contributed by atoms with Crippen LogP contribution in [0.4, 0.5) is 0 Å². The fraction of sp³-hybridized carbons (Fsp3) is 0.540. The molecule has 1 fully saturated rings. The van der Waals surface area contributed by atoms with Crippen molar-refractivity contribution in [3.63, 3.8) is 0 Å². The van der Waals surface area contributed by atoms with E-state index in [0.29, 0.717) is 31.8 Å². The van der Waals surface area contributed by atoms with Gasteiger partial charge in [-0.15, -0.1) is 0 Å². The molecule has 0 spiro atoms. The second-order valence-corrected chi connectivity index (χ2v) is 27.9. The Bertz CT molecular complexity index is 1760. The van der Waals surface area contributed by atoms with Gasteiger partial charge in [-0.1, -0.05) is 147 Å². The highest BCUT2D eigenvalue weighted by Gasteiger charge is 2.57. The lowest BCUT2D eigenvalue weighted by molar-refractivity contribution is -0.195. The molecule has 0 heterocycles. The molecule has 9 heteroatoms. The van der Waals surface area contributed by atoms with Crippen LogP contribution in [0.3, 0.4) is 0 Å². The van der Waals surface area contributed by atoms with Crippen molar-refractivity contribution in [3.05, 3.63) is 126 Å². The van der Waals surface area contributed by atoms with E-state index in [1.54, 1.807) is 7.11 Å². The second kappa shape index (κ2) is 21.6. The van der Waals surface area contributed by atoms with Gasteiger partial charge in [0, 0.05) is 23.5 Å². The Morgan fingerprint density at radius 3 is 1.76 bits per heavy atom. The van der Waals surface area contributed by atoms with E-state index in [2.05, 4.69) is 87.2 Å². The van der Waals surface area contributed by atoms with Crippen LogP contribution in [0.2, 0.25) is 36.3 Å². The molecule has 59 heavy (non-hydrogen) atoms. The quantitative estimate of drug-likeness (QED) is 0.0458. The van der Waals surface area contributed by atoms with Gasteiger partial charge in [0.25, 0.3) is 0 Å². The Kier molecular flexibility index (Phi) is 17.7. The van der Waals surface area contributed by atoms with Crippen LogP contribution in [0, 0.1) is 11.3 Å². The minimum atomic E-state index is -2.53. The predicted molar refractivity (Wildman–Crippen MR) is 247 cm³/mol. The van der Waals surface area contributed by atoms with Crippen molar-refractivity contribution in [2.75, 3.05) is 13.7 Å². The minimum absolute atomic E-state index is 0.148. The van der Waals surface area contributed by atoms with Crippen LogP contribution in [0.15, 0.2) is 109 Å². The molecule has 3 aromatic rings. The lowest BCUT2D eigenvalue weighted by Crippen LogP contribution is -2.63. The molecule has 0 aliphatic heterocycles. The lowest BCUT2D eigenvalue weighted by Gasteiger charge is -2.53. The average Bonchev–Trinajstić information content (AvgIpc) is 3.22. The Morgan fingerprint density at radius 1 is 0.746 bits per heavy atom. The van der Waals surface area contributed by atoms with Gasteiger partial charge in [0.2, 0.25) is 0 Å². The molecule has 0 radical (unpaired) electrons. The lowest BCUT2D eigenvalue weighted by atomic mass is 9.66. The molecule has 0 bridgehead atoms. The van der Waals surface area contributed by atoms with Crippen LogP contribution in [0.5, 0.6) is 5.75 Å². The second-order valence-electron chi connectivity index (χ2n) is 18.4. The van der Waals surface area contributed by atoms with E-state index in [4.69, 9.17) is 34.4 Å². The number of rotatable bonds is 21. The van der Waals surface area contributed by atoms with E-state index in [-0.39, 0.29) is 17.4 Å². The monoisotopic (exact) mass is 842 g/mol. The van der Waals surface area contributed by atoms with Crippen molar-refractivity contribution in [2.24, 2.45) is 11.3 Å². The first kappa shape index (κ1) is 48.5. The van der Waals surface area contributed by atoms with Gasteiger partial charge in [-0.3, -0.25) is 4.79 Å². The molecule has 7 nitrogen and oxygen atoms in total. The van der Waals surface area contributed by atoms with Gasteiger partial charge < -0.3 is 27.8 Å². The third kappa shape index (κ3) is 12.5. The molecule has 0 saturated heterocycles. The maximum absolute atomic E-state index is 15.4. The first-order chi connectivity index (χ1) is 27.9. The summed E-state index contributed by atoms with van der Waals surface area (Å²) in [6.07, 6.45) is -1.45. The van der Waals surface area contributed by atoms with Crippen LogP contribution in [-0.2, 0) is 47.7 Å². The maximum Gasteiger partial charge on any atom is 0.192 e. The predicted octanol–water partition coefficient (Wildman–Crippen LogP) is 12.3. The van der Waals surface area contributed by atoms with E-state index in [1.807, 2.05) is 72.8 Å². The number of carbonyl (C=O) groups excluding carboxylic acids is 1. The van der Waals surface area contributed by atoms with Crippen LogP contribution >= 0.6 is 0 Å². The Morgan fingerprint density at radius 2 is 1.25 bits per heavy atom. The fourth-order valence-electron chi connectivity index (χ4n) is 7.90. The molecular weight excluding hydrogens is 769 g/mol. The zero-order valence-electron chi connectivity index (χ0n) is 38.1. The van der Waals surface area contributed by atoms with Crippen molar-refractivity contribution in [3.8, 4) is 5.75 Å². The number of ether oxygens (including phenoxy) is 4. The van der Waals surface area contributed by atoms with Gasteiger partial charge in [-0.2, -0.15) is 0 Å². The number of benzene rings is 3. The summed E-state index contributed by atoms with van der Waals surface area (Å²) in [5, 5.41) is -0.148. The van der Waals surface area contributed by atoms with Gasteiger partial charge in [-0.25, -0.2) is 0 Å². The van der Waals surface area contributed by atoms with Crippen molar-refractivity contribution >= 4 is 22.4 Å². The maximum atomic E-state index is 15.4. The van der Waals surface area contributed by atoms with E-state index in [9.17, 15) is 0 Å². The molecule has 5 atom stereocenters. The number of hydrogen-bond acceptors (Lipinski definition) is 7. The Labute approximate surface area is 359 Å². The summed E-state index contributed by atoms with van der Waals surface area (Å²) in [7, 11) is -2.64. The summed E-state index contributed by atoms with van der Waals surface area (Å²) in [5.74, 6) is 0.0298. The molecule has 3 aromatic carbocycles. The summed E-state index contributed by atoms with van der Waals surface area (Å²) in [5.41, 5.74) is 3.44. The number of hydrogen-bond donors (Lipinski definition) is 0. The van der Waals surface area contributed by atoms with Gasteiger partial charge in [0.05, 0.1) is 45.2 Å². The highest BCUT2D eigenvalue weighted by molar-refractivity contribution is 6.74. The summed E-state index contributed by atoms with van der Waals surface area (Å²) < 4.78 is 40.8. The molecule has 0 amide bonds. The first-order valence-electron chi connectivity index (χ1n) is 21.7. The van der Waals surface area contributed by atoms with Crippen molar-refractivity contribution in [1.29, 1.82) is 0 Å². The smallest absolute Gasteiger partial charge is 0.192 e. The van der Waals surface area contributed by atoms with Crippen molar-refractivity contribution < 1.29 is 32.6 Å². The van der Waals surface area contributed by atoms with Crippen LogP contribution < -0.4 is 4.74 Å². The molecule has 1 aliphatic rings. The summed E-state index contributed by atoms with van der Waals surface area (Å²) in [6.45, 7) is 33.0. The van der Waals surface area contributed by atoms with Crippen molar-refractivity contribution in [1.82, 2.24) is 0 Å². The topological polar surface area (TPSA) is 72.5 Å². The number of Topliss-reactive ketones (excluding diaryl/α,β-unsaturated/α-hetero) is 1. The Balaban J connectivity index is 1.88. The van der Waals surface area contributed by atoms with E-state index in [1.165, 1.54) is 0 Å². The number of carbonyl (C=O) groups is 1. The minimum Gasteiger partial charge on any atom is -0.497 e. The van der Waals surface area contributed by atoms with Gasteiger partial charge >= 0.3 is 0 Å². The largest absolute Gasteiger partial charge is 0.497 e. The molecular formula is C50H74O7Si2. The standard InChI is InChI=1S/C50H74O7Si2/c1-14-59(15-2,16-3)56-33-23-24-37(4)43-38(5)44(51)46(54-35-40-27-21-18-22-28-40)48(57-58(12,13)49(6,7)8)50(9,10)47(45(43)53-34-39-25-19-17-20-26-39)55-36-41-29-31-42(52-11)32-30-41/h17-22,25-32,43,45-48H,4-5,14-16,23-24,33-36H2,1-3,6-13H3/t43-,45+,46+,47+,48+/m1/s1. The fourth-order valence-corrected chi connectivity index (χ4v) is 12.0. The molecule has 0 unspecified atom stereocenters. The zero-order valence-corrected chi connectivity index (χ0v) is 40.1. The average molecular weight is 843 g/mol. The van der Waals surface area contributed by atoms with Gasteiger partial charge in [-0.05, 0) is 77.9 Å². The third-order valence-electron chi connectivity index (χ3n) is 13.1. The van der Waals surface area contributed by atoms with Crippen molar-refractivity contribution in [2.45, 2.75) is 149 Å². The molecule has 4 rings (SSSR count). The highest BCUT2D eigenvalue weighted by atomic mass is 28.4. The summed E-state index contributed by atoms with van der Waals surface area (Å²) in [6, 6.07) is 31.4. The number of methoxy groups -OCH3 is 1. The van der Waals surface area contributed by atoms with Crippen LogP contribution in [0.25, 0.3) is 0 Å². The van der Waals surface area contributed by atoms with E-state index >= 15 is 4.79 Å². The summed E-state index contributed by atoms with van der Waals surface area (Å²) >= 11 is 0. The van der Waals surface area contributed by atoms with Crippen LogP contribution in [-0.4, -0.2) is 60.6 Å². The first-order valence-corrected chi connectivity index (χ1v) is 27.1. The van der Waals surface area contributed by atoms with Gasteiger partial charge in [0.15, 0.2) is 22.4 Å². The zero-order chi connectivity index (χ0) is 43.4. The molecule has 324 valence electrons. The molecule has 0 N–H and O–H groups in total. The SMILES string of the molecule is C=C(CCCO[Si](CC)(CC)CC)[C@@H]1C(=C)C(=O)[C@H](OCc2ccccc2)[C@H](O[Si](C)(C)C(C)(C)C)C(C)(C)[C@@H](OCc2ccc(OC)cc2)[C@H]1OCc1ccccc1.